The van der Waals surface area contributed by atoms with Crippen molar-refractivity contribution in [2.75, 3.05) is 22.8 Å². The molecule has 1 heterocycles. The lowest BCUT2D eigenvalue weighted by molar-refractivity contribution is -0.127. The largest absolute Gasteiger partial charge is 0.490 e. The van der Waals surface area contributed by atoms with E-state index >= 15 is 0 Å². The number of nitrogens with zero attached hydrogens (tertiary/aromatic N) is 1. The van der Waals surface area contributed by atoms with Crippen molar-refractivity contribution in [2.45, 2.75) is 39.9 Å². The van der Waals surface area contributed by atoms with E-state index in [2.05, 4.69) is 18.6 Å². The molecule has 1 N–H and O–H groups in total. The van der Waals surface area contributed by atoms with Crippen LogP contribution in [0.2, 0.25) is 0 Å². The lowest BCUT2D eigenvalue weighted by Gasteiger charge is -2.28. The number of hydrogen-bond acceptors (Lipinski definition) is 4. The van der Waals surface area contributed by atoms with Crippen LogP contribution >= 0.6 is 0 Å². The minimum Gasteiger partial charge on any atom is -0.490 e. The van der Waals surface area contributed by atoms with Gasteiger partial charge in [0, 0.05) is 12.6 Å². The Morgan fingerprint density at radius 1 is 1.19 bits per heavy atom. The van der Waals surface area contributed by atoms with Gasteiger partial charge in [0.05, 0.1) is 22.5 Å². The first-order chi connectivity index (χ1) is 14.5. The number of fused-ring (bicyclic) bond motifs is 1. The van der Waals surface area contributed by atoms with Gasteiger partial charge in [-0.05, 0) is 56.0 Å². The van der Waals surface area contributed by atoms with Crippen molar-refractivity contribution in [1.82, 2.24) is 0 Å². The van der Waals surface area contributed by atoms with Crippen molar-refractivity contribution in [3.8, 4) is 5.75 Å². The Balaban J connectivity index is 1.86. The molecule has 1 aliphatic heterocycles. The SMILES string of the molecule is CC(C)CCN1C(=O)C(C)(C)COc2cc(NS(=O)(=O)Cc3cccc(F)c3)ccc21. The van der Waals surface area contributed by atoms with Gasteiger partial charge in [-0.2, -0.15) is 0 Å². The fourth-order valence-electron chi connectivity index (χ4n) is 3.38. The first-order valence-electron chi connectivity index (χ1n) is 10.3. The second-order valence-electron chi connectivity index (χ2n) is 8.99. The van der Waals surface area contributed by atoms with E-state index in [1.165, 1.54) is 18.2 Å². The predicted octanol–water partition coefficient (Wildman–Crippen LogP) is 4.57. The number of sulfonamides is 1. The Bertz CT molecular complexity index is 1070. The van der Waals surface area contributed by atoms with E-state index in [1.807, 2.05) is 13.8 Å². The molecule has 0 radical (unpaired) electrons. The molecule has 0 aromatic heterocycles. The van der Waals surface area contributed by atoms with Crippen LogP contribution in [0.1, 0.15) is 39.7 Å². The number of nitrogens with one attached hydrogen (secondary N) is 1. The molecule has 0 fully saturated rings. The predicted molar refractivity (Wildman–Crippen MR) is 120 cm³/mol. The van der Waals surface area contributed by atoms with E-state index in [0.29, 0.717) is 35.2 Å². The lowest BCUT2D eigenvalue weighted by Crippen LogP contribution is -2.42. The number of carbonyl (C=O) groups excluding carboxylic acids is 1. The Kier molecular flexibility index (Phi) is 6.59. The number of hydrogen-bond donors (Lipinski definition) is 1. The van der Waals surface area contributed by atoms with Gasteiger partial charge in [0.2, 0.25) is 15.9 Å². The van der Waals surface area contributed by atoms with Crippen molar-refractivity contribution < 1.29 is 22.3 Å². The van der Waals surface area contributed by atoms with E-state index in [1.54, 1.807) is 29.2 Å². The molecule has 0 saturated carbocycles. The molecule has 31 heavy (non-hydrogen) atoms. The smallest absolute Gasteiger partial charge is 0.236 e. The highest BCUT2D eigenvalue weighted by Crippen LogP contribution is 2.38. The molecular weight excluding hydrogens is 419 g/mol. The van der Waals surface area contributed by atoms with Crippen molar-refractivity contribution in [3.05, 3.63) is 53.8 Å². The third kappa shape index (κ3) is 5.76. The Labute approximate surface area is 183 Å². The molecule has 0 bridgehead atoms. The number of amides is 1. The average Bonchev–Trinajstić information content (AvgIpc) is 2.74. The molecule has 6 nitrogen and oxygen atoms in total. The number of ether oxygens (including phenoxy) is 1. The highest BCUT2D eigenvalue weighted by molar-refractivity contribution is 7.91. The summed E-state index contributed by atoms with van der Waals surface area (Å²) in [5, 5.41) is 0. The fourth-order valence-corrected chi connectivity index (χ4v) is 4.56. The molecule has 0 spiro atoms. The summed E-state index contributed by atoms with van der Waals surface area (Å²) in [6.45, 7) is 8.62. The van der Waals surface area contributed by atoms with Gasteiger partial charge in [-0.15, -0.1) is 0 Å². The van der Waals surface area contributed by atoms with Crippen LogP contribution in [0, 0.1) is 17.2 Å². The maximum Gasteiger partial charge on any atom is 0.236 e. The van der Waals surface area contributed by atoms with Gasteiger partial charge in [0.15, 0.2) is 0 Å². The molecule has 0 aliphatic carbocycles. The summed E-state index contributed by atoms with van der Waals surface area (Å²) < 4.78 is 47.0. The number of rotatable bonds is 7. The number of anilines is 2. The Morgan fingerprint density at radius 2 is 1.94 bits per heavy atom. The van der Waals surface area contributed by atoms with Crippen LogP contribution in [0.25, 0.3) is 0 Å². The lowest BCUT2D eigenvalue weighted by atomic mass is 9.92. The first-order valence-corrected chi connectivity index (χ1v) is 12.0. The Hall–Kier alpha value is -2.61. The fraction of sp³-hybridized carbons (Fsp3) is 0.435. The van der Waals surface area contributed by atoms with Crippen LogP contribution in [0.15, 0.2) is 42.5 Å². The third-order valence-corrected chi connectivity index (χ3v) is 6.37. The summed E-state index contributed by atoms with van der Waals surface area (Å²) >= 11 is 0. The van der Waals surface area contributed by atoms with Crippen molar-refractivity contribution in [2.24, 2.45) is 11.3 Å². The van der Waals surface area contributed by atoms with Crippen LogP contribution in [-0.4, -0.2) is 27.5 Å². The first kappa shape index (κ1) is 23.1. The summed E-state index contributed by atoms with van der Waals surface area (Å²) in [7, 11) is -3.76. The van der Waals surface area contributed by atoms with E-state index < -0.39 is 21.3 Å². The summed E-state index contributed by atoms with van der Waals surface area (Å²) in [5.41, 5.74) is 0.605. The number of halogens is 1. The molecule has 2 aromatic carbocycles. The van der Waals surface area contributed by atoms with Gasteiger partial charge in [-0.25, -0.2) is 12.8 Å². The molecule has 3 rings (SSSR count). The summed E-state index contributed by atoms with van der Waals surface area (Å²) in [5.74, 6) is 0.0201. The van der Waals surface area contributed by atoms with E-state index in [9.17, 15) is 17.6 Å². The molecule has 8 heteroatoms. The molecule has 0 atom stereocenters. The van der Waals surface area contributed by atoms with Gasteiger partial charge >= 0.3 is 0 Å². The van der Waals surface area contributed by atoms with Gasteiger partial charge in [0.1, 0.15) is 18.2 Å². The number of carbonyl (C=O) groups is 1. The quantitative estimate of drug-likeness (QED) is 0.674. The van der Waals surface area contributed by atoms with Crippen LogP contribution < -0.4 is 14.4 Å². The van der Waals surface area contributed by atoms with Crippen LogP contribution in [0.5, 0.6) is 5.75 Å². The molecule has 0 unspecified atom stereocenters. The zero-order chi connectivity index (χ0) is 22.8. The van der Waals surface area contributed by atoms with Gasteiger partial charge in [0.25, 0.3) is 0 Å². The van der Waals surface area contributed by atoms with Gasteiger partial charge < -0.3 is 9.64 Å². The second-order valence-corrected chi connectivity index (χ2v) is 10.7. The minimum absolute atomic E-state index is 0.0219. The maximum atomic E-state index is 13.4. The molecular formula is C23H29FN2O4S. The molecule has 2 aromatic rings. The van der Waals surface area contributed by atoms with Crippen LogP contribution in [-0.2, 0) is 20.6 Å². The Morgan fingerprint density at radius 3 is 2.61 bits per heavy atom. The standard InChI is InChI=1S/C23H29FN2O4S/c1-16(2)10-11-26-20-9-8-19(13-21(20)30-15-23(3,4)22(26)27)25-31(28,29)14-17-6-5-7-18(24)12-17/h5-9,12-13,16,25H,10-11,14-15H2,1-4H3. The molecule has 0 saturated heterocycles. The minimum atomic E-state index is -3.76. The maximum absolute atomic E-state index is 13.4. The van der Waals surface area contributed by atoms with Crippen LogP contribution in [0.3, 0.4) is 0 Å². The highest BCUT2D eigenvalue weighted by Gasteiger charge is 2.37. The normalized spacial score (nSPS) is 15.9. The van der Waals surface area contributed by atoms with E-state index in [-0.39, 0.29) is 18.3 Å². The topological polar surface area (TPSA) is 75.7 Å². The average molecular weight is 449 g/mol. The van der Waals surface area contributed by atoms with Crippen molar-refractivity contribution >= 4 is 27.3 Å². The van der Waals surface area contributed by atoms with E-state index in [0.717, 1.165) is 6.42 Å². The van der Waals surface area contributed by atoms with Crippen molar-refractivity contribution in [1.29, 1.82) is 0 Å². The zero-order valence-corrected chi connectivity index (χ0v) is 19.1. The van der Waals surface area contributed by atoms with Crippen molar-refractivity contribution in [3.63, 3.8) is 0 Å². The zero-order valence-electron chi connectivity index (χ0n) is 18.3. The summed E-state index contributed by atoms with van der Waals surface area (Å²) in [4.78, 5) is 14.8. The highest BCUT2D eigenvalue weighted by atomic mass is 32.2. The molecule has 1 aliphatic rings. The molecule has 1 amide bonds. The summed E-state index contributed by atoms with van der Waals surface area (Å²) in [6, 6.07) is 10.4. The second kappa shape index (κ2) is 8.86. The van der Waals surface area contributed by atoms with E-state index in [4.69, 9.17) is 4.74 Å². The van der Waals surface area contributed by atoms with Gasteiger partial charge in [-0.1, -0.05) is 26.0 Å². The number of benzene rings is 2. The molecule has 168 valence electrons. The summed E-state index contributed by atoms with van der Waals surface area (Å²) in [6.07, 6.45) is 0.837. The third-order valence-electron chi connectivity index (χ3n) is 5.11. The monoisotopic (exact) mass is 448 g/mol. The van der Waals surface area contributed by atoms with Gasteiger partial charge in [-0.3, -0.25) is 9.52 Å². The van der Waals surface area contributed by atoms with Crippen LogP contribution in [0.4, 0.5) is 15.8 Å².